The zero-order valence-corrected chi connectivity index (χ0v) is 13.9. The summed E-state index contributed by atoms with van der Waals surface area (Å²) in [5.74, 6) is 0. The maximum atomic E-state index is 12.4. The molecular weight excluding hydrogens is 304 g/mol. The summed E-state index contributed by atoms with van der Waals surface area (Å²) in [6.45, 7) is 5.39. The molecule has 2 heterocycles. The van der Waals surface area contributed by atoms with Gasteiger partial charge in [0.05, 0.1) is 6.10 Å². The van der Waals surface area contributed by atoms with Crippen molar-refractivity contribution >= 4 is 11.7 Å². The Balaban J connectivity index is 1.57. The van der Waals surface area contributed by atoms with Crippen molar-refractivity contribution in [3.05, 3.63) is 48.8 Å². The molecule has 0 saturated carbocycles. The largest absolute Gasteiger partial charge is 0.392 e. The number of benzene rings is 1. The molecule has 1 aromatic carbocycles. The van der Waals surface area contributed by atoms with Gasteiger partial charge in [0.1, 0.15) is 0 Å². The standard InChI is InChI=1S/C18H24N4O2/c1-15(23)14-20-9-11-22(12-10-20)18(24)19-16-5-4-6-17(13-16)21-7-2-3-8-21/h2-8,13,15,23H,9-12,14H2,1H3,(H,19,24)/t15-/m0/s1. The highest BCUT2D eigenvalue weighted by atomic mass is 16.3. The van der Waals surface area contributed by atoms with E-state index in [1.54, 1.807) is 6.92 Å². The van der Waals surface area contributed by atoms with Crippen molar-refractivity contribution in [3.8, 4) is 5.69 Å². The van der Waals surface area contributed by atoms with Crippen LogP contribution in [-0.2, 0) is 0 Å². The molecule has 2 amide bonds. The molecule has 1 atom stereocenters. The third kappa shape index (κ3) is 4.15. The number of aliphatic hydroxyl groups excluding tert-OH is 1. The first-order valence-corrected chi connectivity index (χ1v) is 8.31. The summed E-state index contributed by atoms with van der Waals surface area (Å²) in [7, 11) is 0. The fraction of sp³-hybridized carbons (Fsp3) is 0.389. The van der Waals surface area contributed by atoms with Gasteiger partial charge in [-0.3, -0.25) is 4.90 Å². The number of nitrogens with zero attached hydrogens (tertiary/aromatic N) is 3. The number of urea groups is 1. The van der Waals surface area contributed by atoms with E-state index in [9.17, 15) is 9.90 Å². The number of rotatable bonds is 4. The van der Waals surface area contributed by atoms with Crippen molar-refractivity contribution in [1.29, 1.82) is 0 Å². The Hall–Kier alpha value is -2.31. The lowest BCUT2D eigenvalue weighted by molar-refractivity contribution is 0.0924. The van der Waals surface area contributed by atoms with Crippen LogP contribution in [0.5, 0.6) is 0 Å². The highest BCUT2D eigenvalue weighted by Gasteiger charge is 2.21. The van der Waals surface area contributed by atoms with Gasteiger partial charge in [-0.1, -0.05) is 6.07 Å². The van der Waals surface area contributed by atoms with Gasteiger partial charge in [0.25, 0.3) is 0 Å². The second-order valence-electron chi connectivity index (χ2n) is 6.21. The van der Waals surface area contributed by atoms with Crippen LogP contribution in [0, 0.1) is 0 Å². The molecule has 0 bridgehead atoms. The number of hydrogen-bond acceptors (Lipinski definition) is 3. The third-order valence-electron chi connectivity index (χ3n) is 4.18. The van der Waals surface area contributed by atoms with E-state index in [2.05, 4.69) is 10.2 Å². The molecule has 6 nitrogen and oxygen atoms in total. The molecule has 2 N–H and O–H groups in total. The predicted molar refractivity (Wildman–Crippen MR) is 94.5 cm³/mol. The SMILES string of the molecule is C[C@H](O)CN1CCN(C(=O)Nc2cccc(-n3cccc3)c2)CC1. The van der Waals surface area contributed by atoms with Crippen molar-refractivity contribution in [2.24, 2.45) is 0 Å². The van der Waals surface area contributed by atoms with Crippen LogP contribution in [0.25, 0.3) is 5.69 Å². The van der Waals surface area contributed by atoms with Gasteiger partial charge in [-0.15, -0.1) is 0 Å². The quantitative estimate of drug-likeness (QED) is 0.902. The van der Waals surface area contributed by atoms with E-state index >= 15 is 0 Å². The molecule has 0 aliphatic carbocycles. The van der Waals surface area contributed by atoms with Crippen molar-refractivity contribution in [3.63, 3.8) is 0 Å². The molecule has 24 heavy (non-hydrogen) atoms. The summed E-state index contributed by atoms with van der Waals surface area (Å²) in [4.78, 5) is 16.4. The van der Waals surface area contributed by atoms with E-state index in [1.807, 2.05) is 58.3 Å². The van der Waals surface area contributed by atoms with Crippen molar-refractivity contribution in [1.82, 2.24) is 14.4 Å². The summed E-state index contributed by atoms with van der Waals surface area (Å²) in [6.07, 6.45) is 3.62. The number of carbonyl (C=O) groups is 1. The highest BCUT2D eigenvalue weighted by Crippen LogP contribution is 2.16. The van der Waals surface area contributed by atoms with E-state index in [1.165, 1.54) is 0 Å². The number of β-amino-alcohol motifs (C(OH)–C–C–N with tert-alkyl or cyclic N) is 1. The summed E-state index contributed by atoms with van der Waals surface area (Å²) >= 11 is 0. The summed E-state index contributed by atoms with van der Waals surface area (Å²) in [5.41, 5.74) is 1.80. The Morgan fingerprint density at radius 3 is 2.54 bits per heavy atom. The van der Waals surface area contributed by atoms with Crippen LogP contribution >= 0.6 is 0 Å². The zero-order chi connectivity index (χ0) is 16.9. The highest BCUT2D eigenvalue weighted by molar-refractivity contribution is 5.89. The fourth-order valence-corrected chi connectivity index (χ4v) is 2.96. The minimum atomic E-state index is -0.332. The van der Waals surface area contributed by atoms with Gasteiger partial charge in [0.15, 0.2) is 0 Å². The molecule has 0 spiro atoms. The lowest BCUT2D eigenvalue weighted by atomic mass is 10.2. The molecule has 128 valence electrons. The maximum absolute atomic E-state index is 12.4. The van der Waals surface area contributed by atoms with Gasteiger partial charge in [0, 0.05) is 56.5 Å². The molecule has 1 fully saturated rings. The Labute approximate surface area is 142 Å². The normalized spacial score (nSPS) is 16.8. The Morgan fingerprint density at radius 1 is 1.17 bits per heavy atom. The minimum absolute atomic E-state index is 0.0728. The summed E-state index contributed by atoms with van der Waals surface area (Å²) in [6, 6.07) is 11.7. The Kier molecular flexibility index (Phi) is 5.17. The molecule has 6 heteroatoms. The number of hydrogen-bond donors (Lipinski definition) is 2. The van der Waals surface area contributed by atoms with E-state index in [4.69, 9.17) is 0 Å². The molecule has 0 unspecified atom stereocenters. The molecule has 1 aliphatic heterocycles. The van der Waals surface area contributed by atoms with Gasteiger partial charge in [-0.25, -0.2) is 4.79 Å². The molecule has 1 aliphatic rings. The van der Waals surface area contributed by atoms with Gasteiger partial charge in [-0.2, -0.15) is 0 Å². The third-order valence-corrected chi connectivity index (χ3v) is 4.18. The first kappa shape index (κ1) is 16.5. The van der Waals surface area contributed by atoms with Crippen molar-refractivity contribution in [2.75, 3.05) is 38.0 Å². The average Bonchev–Trinajstić information content (AvgIpc) is 3.10. The molecule has 1 saturated heterocycles. The Bertz CT molecular complexity index is 661. The van der Waals surface area contributed by atoms with Crippen LogP contribution in [0.15, 0.2) is 48.8 Å². The number of aromatic nitrogens is 1. The second-order valence-corrected chi connectivity index (χ2v) is 6.21. The van der Waals surface area contributed by atoms with Crippen LogP contribution in [0.4, 0.5) is 10.5 Å². The fourth-order valence-electron chi connectivity index (χ4n) is 2.96. The van der Waals surface area contributed by atoms with Crippen molar-refractivity contribution in [2.45, 2.75) is 13.0 Å². The predicted octanol–water partition coefficient (Wildman–Crippen LogP) is 2.01. The van der Waals surface area contributed by atoms with E-state index in [0.29, 0.717) is 19.6 Å². The summed E-state index contributed by atoms with van der Waals surface area (Å²) < 4.78 is 2.00. The lowest BCUT2D eigenvalue weighted by Crippen LogP contribution is -2.51. The van der Waals surface area contributed by atoms with Gasteiger partial charge >= 0.3 is 6.03 Å². The average molecular weight is 328 g/mol. The molecule has 3 rings (SSSR count). The minimum Gasteiger partial charge on any atom is -0.392 e. The Morgan fingerprint density at radius 2 is 1.88 bits per heavy atom. The van der Waals surface area contributed by atoms with Crippen LogP contribution in [0.1, 0.15) is 6.92 Å². The van der Waals surface area contributed by atoms with E-state index < -0.39 is 0 Å². The number of piperazine rings is 1. The van der Waals surface area contributed by atoms with Gasteiger partial charge in [0.2, 0.25) is 0 Å². The van der Waals surface area contributed by atoms with Gasteiger partial charge in [-0.05, 0) is 37.3 Å². The lowest BCUT2D eigenvalue weighted by Gasteiger charge is -2.35. The molecule has 2 aromatic rings. The summed E-state index contributed by atoms with van der Waals surface area (Å²) in [5, 5.41) is 12.4. The maximum Gasteiger partial charge on any atom is 0.321 e. The second kappa shape index (κ2) is 7.51. The number of anilines is 1. The monoisotopic (exact) mass is 328 g/mol. The number of aliphatic hydroxyl groups is 1. The van der Waals surface area contributed by atoms with Gasteiger partial charge < -0.3 is 19.9 Å². The van der Waals surface area contributed by atoms with E-state index in [0.717, 1.165) is 24.5 Å². The first-order valence-electron chi connectivity index (χ1n) is 8.31. The number of nitrogens with one attached hydrogen (secondary N) is 1. The number of carbonyl (C=O) groups excluding carboxylic acids is 1. The van der Waals surface area contributed by atoms with Crippen LogP contribution in [0.2, 0.25) is 0 Å². The molecule has 1 aromatic heterocycles. The van der Waals surface area contributed by atoms with Crippen LogP contribution in [-0.4, -0.2) is 64.3 Å². The molecular formula is C18H24N4O2. The molecule has 0 radical (unpaired) electrons. The zero-order valence-electron chi connectivity index (χ0n) is 13.9. The van der Waals surface area contributed by atoms with Crippen molar-refractivity contribution < 1.29 is 9.90 Å². The van der Waals surface area contributed by atoms with E-state index in [-0.39, 0.29) is 12.1 Å². The topological polar surface area (TPSA) is 60.7 Å². The van der Waals surface area contributed by atoms with Crippen LogP contribution in [0.3, 0.4) is 0 Å². The smallest absolute Gasteiger partial charge is 0.321 e. The first-order chi connectivity index (χ1) is 11.6. The number of amides is 2. The van der Waals surface area contributed by atoms with Crippen LogP contribution < -0.4 is 5.32 Å².